The van der Waals surface area contributed by atoms with Crippen molar-refractivity contribution in [3.05, 3.63) is 52.0 Å². The molecule has 0 aliphatic carbocycles. The second kappa shape index (κ2) is 5.75. The molecule has 0 fully saturated rings. The quantitative estimate of drug-likeness (QED) is 0.639. The zero-order valence-electron chi connectivity index (χ0n) is 10.3. The van der Waals surface area contributed by atoms with Crippen LogP contribution in [0.3, 0.4) is 0 Å². The van der Waals surface area contributed by atoms with E-state index in [-0.39, 0.29) is 5.84 Å². The standard InChI is InChI=1S/C13H16N4S/c1-17(8-11-3-5-18-9-11)7-10-2-4-16-12(6-10)13(14)15/h2-6,9H,7-8H2,1H3,(H3,14,15). The first-order chi connectivity index (χ1) is 8.65. The molecule has 0 aliphatic heterocycles. The number of nitrogens with one attached hydrogen (secondary N) is 1. The number of hydrogen-bond donors (Lipinski definition) is 2. The molecule has 2 rings (SSSR count). The molecule has 18 heavy (non-hydrogen) atoms. The fraction of sp³-hybridized carbons (Fsp3) is 0.231. The van der Waals surface area contributed by atoms with E-state index in [2.05, 4.69) is 33.8 Å². The van der Waals surface area contributed by atoms with E-state index in [1.165, 1.54) is 5.56 Å². The lowest BCUT2D eigenvalue weighted by molar-refractivity contribution is 0.319. The third kappa shape index (κ3) is 3.38. The van der Waals surface area contributed by atoms with Gasteiger partial charge in [0.1, 0.15) is 11.5 Å². The third-order valence-corrected chi connectivity index (χ3v) is 3.32. The molecule has 0 saturated carbocycles. The zero-order chi connectivity index (χ0) is 13.0. The van der Waals surface area contributed by atoms with Gasteiger partial charge in [-0.05, 0) is 47.1 Å². The van der Waals surface area contributed by atoms with Gasteiger partial charge in [0.25, 0.3) is 0 Å². The first-order valence-electron chi connectivity index (χ1n) is 5.64. The maximum atomic E-state index is 7.38. The molecule has 0 aliphatic rings. The average molecular weight is 260 g/mol. The van der Waals surface area contributed by atoms with E-state index in [9.17, 15) is 0 Å². The van der Waals surface area contributed by atoms with Crippen molar-refractivity contribution in [1.82, 2.24) is 9.88 Å². The van der Waals surface area contributed by atoms with E-state index >= 15 is 0 Å². The fourth-order valence-corrected chi connectivity index (χ4v) is 2.44. The highest BCUT2D eigenvalue weighted by atomic mass is 32.1. The molecule has 4 nitrogen and oxygen atoms in total. The molecule has 0 unspecified atom stereocenters. The number of nitrogen functional groups attached to an aromatic ring is 1. The van der Waals surface area contributed by atoms with Gasteiger partial charge in [-0.3, -0.25) is 15.3 Å². The predicted octanol–water partition coefficient (Wildman–Crippen LogP) is 2.06. The maximum absolute atomic E-state index is 7.38. The zero-order valence-corrected chi connectivity index (χ0v) is 11.1. The van der Waals surface area contributed by atoms with Gasteiger partial charge in [0.05, 0.1) is 0 Å². The summed E-state index contributed by atoms with van der Waals surface area (Å²) in [7, 11) is 2.07. The highest BCUT2D eigenvalue weighted by Crippen LogP contribution is 2.11. The van der Waals surface area contributed by atoms with Crippen molar-refractivity contribution in [3.63, 3.8) is 0 Å². The summed E-state index contributed by atoms with van der Waals surface area (Å²) in [5.74, 6) is 0.0114. The molecule has 0 atom stereocenters. The SMILES string of the molecule is CN(Cc1ccsc1)Cc1ccnc(C(=N)N)c1. The lowest BCUT2D eigenvalue weighted by Gasteiger charge is -2.16. The van der Waals surface area contributed by atoms with Gasteiger partial charge in [-0.1, -0.05) is 0 Å². The summed E-state index contributed by atoms with van der Waals surface area (Å²) in [5, 5.41) is 11.6. The van der Waals surface area contributed by atoms with Gasteiger partial charge in [-0.15, -0.1) is 0 Å². The molecule has 2 heterocycles. The Morgan fingerprint density at radius 2 is 2.17 bits per heavy atom. The van der Waals surface area contributed by atoms with Crippen LogP contribution in [0.1, 0.15) is 16.8 Å². The fourth-order valence-electron chi connectivity index (χ4n) is 1.78. The number of nitrogens with two attached hydrogens (primary N) is 1. The van der Waals surface area contributed by atoms with Crippen molar-refractivity contribution in [1.29, 1.82) is 5.41 Å². The van der Waals surface area contributed by atoms with Gasteiger partial charge in [0, 0.05) is 19.3 Å². The van der Waals surface area contributed by atoms with Crippen LogP contribution in [-0.4, -0.2) is 22.8 Å². The van der Waals surface area contributed by atoms with Crippen LogP contribution in [0.25, 0.3) is 0 Å². The van der Waals surface area contributed by atoms with Crippen molar-refractivity contribution < 1.29 is 0 Å². The Balaban J connectivity index is 2.00. The Morgan fingerprint density at radius 1 is 1.39 bits per heavy atom. The molecule has 0 radical (unpaired) electrons. The number of nitrogens with zero attached hydrogens (tertiary/aromatic N) is 2. The number of hydrogen-bond acceptors (Lipinski definition) is 4. The largest absolute Gasteiger partial charge is 0.382 e. The van der Waals surface area contributed by atoms with Crippen LogP contribution in [0.15, 0.2) is 35.2 Å². The van der Waals surface area contributed by atoms with Crippen molar-refractivity contribution in [2.24, 2.45) is 5.73 Å². The van der Waals surface area contributed by atoms with E-state index in [0.29, 0.717) is 5.69 Å². The Morgan fingerprint density at radius 3 is 2.83 bits per heavy atom. The molecule has 94 valence electrons. The minimum absolute atomic E-state index is 0.0114. The summed E-state index contributed by atoms with van der Waals surface area (Å²) in [6.45, 7) is 1.74. The summed E-state index contributed by atoms with van der Waals surface area (Å²) < 4.78 is 0. The van der Waals surface area contributed by atoms with Crippen LogP contribution in [0.2, 0.25) is 0 Å². The summed E-state index contributed by atoms with van der Waals surface area (Å²) in [6, 6.07) is 5.96. The van der Waals surface area contributed by atoms with Gasteiger partial charge in [0.2, 0.25) is 0 Å². The van der Waals surface area contributed by atoms with Crippen LogP contribution < -0.4 is 5.73 Å². The van der Waals surface area contributed by atoms with Gasteiger partial charge >= 0.3 is 0 Å². The summed E-state index contributed by atoms with van der Waals surface area (Å²) in [5.41, 5.74) is 8.41. The van der Waals surface area contributed by atoms with Crippen LogP contribution in [-0.2, 0) is 13.1 Å². The molecule has 0 spiro atoms. The number of aromatic nitrogens is 1. The number of pyridine rings is 1. The first kappa shape index (κ1) is 12.7. The van der Waals surface area contributed by atoms with Crippen molar-refractivity contribution in [2.45, 2.75) is 13.1 Å². The Hall–Kier alpha value is -1.72. The lowest BCUT2D eigenvalue weighted by Crippen LogP contribution is -2.18. The average Bonchev–Trinajstić information content (AvgIpc) is 2.82. The van der Waals surface area contributed by atoms with Gasteiger partial charge < -0.3 is 5.73 Å². The van der Waals surface area contributed by atoms with Crippen molar-refractivity contribution >= 4 is 17.2 Å². The van der Waals surface area contributed by atoms with E-state index in [4.69, 9.17) is 11.1 Å². The molecule has 2 aromatic heterocycles. The van der Waals surface area contributed by atoms with Crippen molar-refractivity contribution in [3.8, 4) is 0 Å². The molecular formula is C13H16N4S. The van der Waals surface area contributed by atoms with Crippen LogP contribution in [0.5, 0.6) is 0 Å². The Kier molecular flexibility index (Phi) is 4.07. The molecule has 3 N–H and O–H groups in total. The van der Waals surface area contributed by atoms with Crippen LogP contribution >= 0.6 is 11.3 Å². The highest BCUT2D eigenvalue weighted by Gasteiger charge is 2.04. The van der Waals surface area contributed by atoms with E-state index in [1.807, 2.05) is 12.1 Å². The van der Waals surface area contributed by atoms with Crippen molar-refractivity contribution in [2.75, 3.05) is 7.05 Å². The molecular weight excluding hydrogens is 244 g/mol. The second-order valence-corrected chi connectivity index (χ2v) is 5.05. The van der Waals surface area contributed by atoms with Gasteiger partial charge in [0.15, 0.2) is 0 Å². The maximum Gasteiger partial charge on any atom is 0.141 e. The van der Waals surface area contributed by atoms with E-state index < -0.39 is 0 Å². The first-order valence-corrected chi connectivity index (χ1v) is 6.58. The molecule has 0 saturated heterocycles. The van der Waals surface area contributed by atoms with Crippen LogP contribution in [0, 0.1) is 5.41 Å². The van der Waals surface area contributed by atoms with Crippen LogP contribution in [0.4, 0.5) is 0 Å². The molecule has 0 aromatic carbocycles. The molecule has 0 bridgehead atoms. The Labute approximate surface area is 111 Å². The molecule has 5 heteroatoms. The minimum Gasteiger partial charge on any atom is -0.382 e. The normalized spacial score (nSPS) is 10.8. The Bertz CT molecular complexity index is 522. The number of rotatable bonds is 5. The number of thiophene rings is 1. The monoisotopic (exact) mass is 260 g/mol. The predicted molar refractivity (Wildman–Crippen MR) is 74.7 cm³/mol. The molecule has 0 amide bonds. The smallest absolute Gasteiger partial charge is 0.141 e. The van der Waals surface area contributed by atoms with Gasteiger partial charge in [-0.2, -0.15) is 11.3 Å². The minimum atomic E-state index is 0.0114. The number of amidine groups is 1. The lowest BCUT2D eigenvalue weighted by atomic mass is 10.2. The molecule has 2 aromatic rings. The summed E-state index contributed by atoms with van der Waals surface area (Å²) >= 11 is 1.71. The second-order valence-electron chi connectivity index (χ2n) is 4.27. The van der Waals surface area contributed by atoms with E-state index in [0.717, 1.165) is 18.7 Å². The topological polar surface area (TPSA) is 66.0 Å². The van der Waals surface area contributed by atoms with E-state index in [1.54, 1.807) is 17.5 Å². The highest BCUT2D eigenvalue weighted by molar-refractivity contribution is 7.07. The summed E-state index contributed by atoms with van der Waals surface area (Å²) in [6.07, 6.45) is 1.70. The summed E-state index contributed by atoms with van der Waals surface area (Å²) in [4.78, 5) is 6.28. The van der Waals surface area contributed by atoms with Gasteiger partial charge in [-0.25, -0.2) is 0 Å². The third-order valence-electron chi connectivity index (χ3n) is 2.59.